The standard InChI is InChI=1S/C7H7ClN2S/c1-10-4-6-5(2-3-11-6)7(8)9-10/h2,4H,3H2,1H3. The summed E-state index contributed by atoms with van der Waals surface area (Å²) in [6.45, 7) is 0. The third-order valence-corrected chi connectivity index (χ3v) is 2.81. The summed E-state index contributed by atoms with van der Waals surface area (Å²) in [5.74, 6) is 1.01. The zero-order valence-electron chi connectivity index (χ0n) is 6.04. The molecule has 0 aromatic carbocycles. The number of hydrazone groups is 1. The van der Waals surface area contributed by atoms with Crippen LogP contribution in [0.25, 0.3) is 0 Å². The van der Waals surface area contributed by atoms with Crippen LogP contribution in [0.5, 0.6) is 0 Å². The first-order valence-electron chi connectivity index (χ1n) is 3.30. The first kappa shape index (κ1) is 7.25. The van der Waals surface area contributed by atoms with Gasteiger partial charge in [-0.3, -0.25) is 5.01 Å². The molecule has 0 spiro atoms. The van der Waals surface area contributed by atoms with E-state index in [-0.39, 0.29) is 0 Å². The van der Waals surface area contributed by atoms with Gasteiger partial charge in [0.1, 0.15) is 0 Å². The van der Waals surface area contributed by atoms with E-state index in [1.54, 1.807) is 16.8 Å². The number of fused-ring (bicyclic) bond motifs is 1. The molecule has 11 heavy (non-hydrogen) atoms. The van der Waals surface area contributed by atoms with Crippen molar-refractivity contribution in [3.63, 3.8) is 0 Å². The number of nitrogens with zero attached hydrogens (tertiary/aromatic N) is 2. The van der Waals surface area contributed by atoms with Crippen molar-refractivity contribution in [3.05, 3.63) is 22.8 Å². The van der Waals surface area contributed by atoms with Crippen molar-refractivity contribution in [2.45, 2.75) is 0 Å². The second-order valence-corrected chi connectivity index (χ2v) is 3.81. The van der Waals surface area contributed by atoms with E-state index in [0.29, 0.717) is 5.17 Å². The Morgan fingerprint density at radius 1 is 1.73 bits per heavy atom. The molecule has 0 radical (unpaired) electrons. The summed E-state index contributed by atoms with van der Waals surface area (Å²) in [6, 6.07) is 0. The second kappa shape index (κ2) is 2.57. The van der Waals surface area contributed by atoms with E-state index in [0.717, 1.165) is 11.3 Å². The summed E-state index contributed by atoms with van der Waals surface area (Å²) in [7, 11) is 1.88. The van der Waals surface area contributed by atoms with Gasteiger partial charge >= 0.3 is 0 Å². The lowest BCUT2D eigenvalue weighted by Gasteiger charge is -2.16. The molecule has 0 fully saturated rings. The fourth-order valence-electron chi connectivity index (χ4n) is 1.08. The highest BCUT2D eigenvalue weighted by Crippen LogP contribution is 2.35. The lowest BCUT2D eigenvalue weighted by atomic mass is 10.2. The molecule has 2 rings (SSSR count). The summed E-state index contributed by atoms with van der Waals surface area (Å²) >= 11 is 7.69. The van der Waals surface area contributed by atoms with E-state index in [9.17, 15) is 0 Å². The predicted octanol–water partition coefficient (Wildman–Crippen LogP) is 2.00. The molecule has 2 heterocycles. The Balaban J connectivity index is 2.40. The van der Waals surface area contributed by atoms with Gasteiger partial charge in [0, 0.05) is 29.5 Å². The number of hydrogen-bond donors (Lipinski definition) is 0. The zero-order valence-corrected chi connectivity index (χ0v) is 7.61. The van der Waals surface area contributed by atoms with Crippen molar-refractivity contribution >= 4 is 28.5 Å². The number of allylic oxidation sites excluding steroid dienone is 1. The first-order chi connectivity index (χ1) is 5.27. The fraction of sp³-hybridized carbons (Fsp3) is 0.286. The van der Waals surface area contributed by atoms with Crippen LogP contribution in [-0.4, -0.2) is 23.0 Å². The summed E-state index contributed by atoms with van der Waals surface area (Å²) in [5, 5.41) is 6.43. The minimum absolute atomic E-state index is 0.606. The van der Waals surface area contributed by atoms with Gasteiger partial charge in [0.05, 0.1) is 0 Å². The van der Waals surface area contributed by atoms with Gasteiger partial charge in [-0.2, -0.15) is 5.10 Å². The lowest BCUT2D eigenvalue weighted by molar-refractivity contribution is 0.487. The molecule has 2 aliphatic heterocycles. The molecule has 0 bridgehead atoms. The Labute approximate surface area is 74.6 Å². The van der Waals surface area contributed by atoms with Gasteiger partial charge in [0.15, 0.2) is 5.17 Å². The maximum atomic E-state index is 5.90. The molecule has 0 amide bonds. The van der Waals surface area contributed by atoms with E-state index in [4.69, 9.17) is 11.6 Å². The van der Waals surface area contributed by atoms with Crippen LogP contribution >= 0.6 is 23.4 Å². The third-order valence-electron chi connectivity index (χ3n) is 1.56. The molecular weight excluding hydrogens is 180 g/mol. The van der Waals surface area contributed by atoms with Crippen molar-refractivity contribution in [2.75, 3.05) is 12.8 Å². The van der Waals surface area contributed by atoms with Crippen molar-refractivity contribution in [1.29, 1.82) is 0 Å². The van der Waals surface area contributed by atoms with Gasteiger partial charge in [-0.05, 0) is 0 Å². The maximum Gasteiger partial charge on any atom is 0.157 e. The maximum absolute atomic E-state index is 5.90. The van der Waals surface area contributed by atoms with Crippen molar-refractivity contribution < 1.29 is 0 Å². The van der Waals surface area contributed by atoms with E-state index in [1.165, 1.54) is 4.91 Å². The summed E-state index contributed by atoms with van der Waals surface area (Å²) in [6.07, 6.45) is 4.10. The minimum Gasteiger partial charge on any atom is -0.273 e. The predicted molar refractivity (Wildman–Crippen MR) is 49.7 cm³/mol. The first-order valence-corrected chi connectivity index (χ1v) is 4.66. The highest BCUT2D eigenvalue weighted by atomic mass is 35.5. The number of halogens is 1. The van der Waals surface area contributed by atoms with Crippen LogP contribution < -0.4 is 0 Å². The van der Waals surface area contributed by atoms with Gasteiger partial charge in [0.2, 0.25) is 0 Å². The quantitative estimate of drug-likeness (QED) is 0.575. The Morgan fingerprint density at radius 2 is 2.55 bits per heavy atom. The Hall–Kier alpha value is -0.410. The van der Waals surface area contributed by atoms with E-state index in [2.05, 4.69) is 11.2 Å². The van der Waals surface area contributed by atoms with E-state index >= 15 is 0 Å². The molecule has 0 N–H and O–H groups in total. The van der Waals surface area contributed by atoms with Gasteiger partial charge in [-0.15, -0.1) is 11.8 Å². The smallest absolute Gasteiger partial charge is 0.157 e. The average Bonchev–Trinajstić information content (AvgIpc) is 2.34. The molecule has 0 saturated carbocycles. The lowest BCUT2D eigenvalue weighted by Crippen LogP contribution is -2.12. The van der Waals surface area contributed by atoms with Gasteiger partial charge in [-0.25, -0.2) is 0 Å². The third kappa shape index (κ3) is 1.19. The fourth-order valence-corrected chi connectivity index (χ4v) is 2.42. The van der Waals surface area contributed by atoms with Crippen LogP contribution in [0, 0.1) is 0 Å². The summed E-state index contributed by atoms with van der Waals surface area (Å²) in [4.78, 5) is 1.23. The van der Waals surface area contributed by atoms with Crippen molar-refractivity contribution in [1.82, 2.24) is 5.01 Å². The molecule has 58 valence electrons. The van der Waals surface area contributed by atoms with Crippen LogP contribution in [-0.2, 0) is 0 Å². The molecule has 4 heteroatoms. The minimum atomic E-state index is 0.606. The molecular formula is C7H7ClN2S. The van der Waals surface area contributed by atoms with E-state index < -0.39 is 0 Å². The molecule has 0 unspecified atom stereocenters. The molecule has 0 aliphatic carbocycles. The van der Waals surface area contributed by atoms with E-state index in [1.807, 2.05) is 13.2 Å². The zero-order chi connectivity index (χ0) is 7.84. The molecule has 0 saturated heterocycles. The Bertz CT molecular complexity index is 280. The summed E-state index contributed by atoms with van der Waals surface area (Å²) in [5.41, 5.74) is 1.09. The largest absolute Gasteiger partial charge is 0.273 e. The van der Waals surface area contributed by atoms with Crippen LogP contribution in [0.4, 0.5) is 0 Å². The molecule has 2 nitrogen and oxygen atoms in total. The van der Waals surface area contributed by atoms with Crippen LogP contribution in [0.15, 0.2) is 27.9 Å². The molecule has 2 aliphatic rings. The van der Waals surface area contributed by atoms with Crippen LogP contribution in [0.2, 0.25) is 0 Å². The van der Waals surface area contributed by atoms with Gasteiger partial charge in [-0.1, -0.05) is 17.7 Å². The normalized spacial score (nSPS) is 22.4. The Kier molecular flexibility index (Phi) is 1.69. The van der Waals surface area contributed by atoms with Gasteiger partial charge < -0.3 is 0 Å². The van der Waals surface area contributed by atoms with Crippen molar-refractivity contribution in [2.24, 2.45) is 5.10 Å². The number of rotatable bonds is 0. The second-order valence-electron chi connectivity index (χ2n) is 2.39. The molecule has 0 aromatic rings. The highest BCUT2D eigenvalue weighted by Gasteiger charge is 2.20. The van der Waals surface area contributed by atoms with Crippen LogP contribution in [0.3, 0.4) is 0 Å². The Morgan fingerprint density at radius 3 is 3.36 bits per heavy atom. The number of thioether (sulfide) groups is 1. The summed E-state index contributed by atoms with van der Waals surface area (Å²) < 4.78 is 0. The highest BCUT2D eigenvalue weighted by molar-refractivity contribution is 8.03. The molecule has 0 atom stereocenters. The topological polar surface area (TPSA) is 15.6 Å². The van der Waals surface area contributed by atoms with Crippen LogP contribution in [0.1, 0.15) is 0 Å². The van der Waals surface area contributed by atoms with Crippen molar-refractivity contribution in [3.8, 4) is 0 Å². The average molecular weight is 187 g/mol. The SMILES string of the molecule is CN1C=C2SCC=C2C(Cl)=N1. The number of hydrogen-bond acceptors (Lipinski definition) is 3. The monoisotopic (exact) mass is 186 g/mol. The van der Waals surface area contributed by atoms with Gasteiger partial charge in [0.25, 0.3) is 0 Å². The molecule has 0 aromatic heterocycles.